The van der Waals surface area contributed by atoms with Crippen molar-refractivity contribution in [3.63, 3.8) is 0 Å². The Kier molecular flexibility index (Phi) is 15.7. The Bertz CT molecular complexity index is 1320. The number of fused-ring (bicyclic) bond motifs is 2. The fourth-order valence-electron chi connectivity index (χ4n) is 7.03. The van der Waals surface area contributed by atoms with Crippen molar-refractivity contribution in [2.45, 2.75) is 96.1 Å². The Balaban J connectivity index is 1.42. The Morgan fingerprint density at radius 1 is 1.04 bits per heavy atom. The van der Waals surface area contributed by atoms with Crippen LogP contribution in [0, 0.1) is 27.9 Å². The van der Waals surface area contributed by atoms with Gasteiger partial charge in [-0.3, -0.25) is 9.59 Å². The van der Waals surface area contributed by atoms with Gasteiger partial charge in [-0.05, 0) is 93.5 Å². The van der Waals surface area contributed by atoms with E-state index in [1.165, 1.54) is 11.0 Å². The molecule has 1 N–H and O–H groups in total. The number of unbranched alkanes of at least 4 members (excludes halogenated alkanes) is 3. The van der Waals surface area contributed by atoms with E-state index in [1.54, 1.807) is 0 Å². The molecule has 258 valence electrons. The number of benzene rings is 2. The van der Waals surface area contributed by atoms with Gasteiger partial charge in [-0.1, -0.05) is 85.3 Å². The molecule has 4 rings (SSSR count). The molecule has 1 amide bonds. The van der Waals surface area contributed by atoms with E-state index in [9.17, 15) is 19.7 Å². The molecule has 2 bridgehead atoms. The smallest absolute Gasteiger partial charge is 0.327 e. The van der Waals surface area contributed by atoms with Crippen LogP contribution in [0.4, 0.5) is 0 Å². The van der Waals surface area contributed by atoms with E-state index in [0.717, 1.165) is 38.4 Å². The number of hydrogen-bond donors (Lipinski definition) is 1. The van der Waals surface area contributed by atoms with Crippen molar-refractivity contribution in [2.24, 2.45) is 17.8 Å². The summed E-state index contributed by atoms with van der Waals surface area (Å²) in [7, 11) is 0. The highest BCUT2D eigenvalue weighted by Gasteiger charge is 2.48. The van der Waals surface area contributed by atoms with E-state index >= 15 is 0 Å². The zero-order valence-corrected chi connectivity index (χ0v) is 28.3. The highest BCUT2D eigenvalue weighted by molar-refractivity contribution is 6.67. The van der Waals surface area contributed by atoms with Crippen LogP contribution < -0.4 is 10.8 Å². The number of esters is 1. The predicted molar refractivity (Wildman–Crippen MR) is 188 cm³/mol. The van der Waals surface area contributed by atoms with Gasteiger partial charge in [0.25, 0.3) is 5.09 Å². The highest BCUT2D eigenvalue weighted by Crippen LogP contribution is 2.48. The third kappa shape index (κ3) is 12.6. The van der Waals surface area contributed by atoms with Gasteiger partial charge in [0.05, 0.1) is 6.61 Å². The molecule has 2 aromatic rings. The van der Waals surface area contributed by atoms with Gasteiger partial charge < -0.3 is 19.5 Å². The molecule has 2 aromatic carbocycles. The maximum Gasteiger partial charge on any atom is 0.327 e. The SMILES string of the molecule is CCNC(=O)CCC/C=C\C[C@H]1[C@H]2CB(c3ccccc3)O[C@H](C2)[C@@H]1/C=C/[C@H](CCc1ccccc1)OC(=O)CCCCCO[N+](=O)[O-]. The van der Waals surface area contributed by atoms with Crippen LogP contribution in [-0.2, 0) is 30.2 Å². The normalized spacial score (nSPS) is 21.0. The molecule has 1 aliphatic carbocycles. The summed E-state index contributed by atoms with van der Waals surface area (Å²) >= 11 is 0. The second-order valence-electron chi connectivity index (χ2n) is 12.9. The molecule has 0 radical (unpaired) electrons. The minimum Gasteiger partial charge on any atom is -0.458 e. The zero-order chi connectivity index (χ0) is 34.0. The van der Waals surface area contributed by atoms with Gasteiger partial charge >= 0.3 is 12.9 Å². The Morgan fingerprint density at radius 2 is 1.81 bits per heavy atom. The topological polar surface area (TPSA) is 117 Å². The van der Waals surface area contributed by atoms with Gasteiger partial charge in [0.2, 0.25) is 5.91 Å². The molecule has 9 nitrogen and oxygen atoms in total. The minimum absolute atomic E-state index is 0.0354. The van der Waals surface area contributed by atoms with Crippen LogP contribution in [0.1, 0.15) is 76.7 Å². The van der Waals surface area contributed by atoms with Crippen molar-refractivity contribution in [3.8, 4) is 0 Å². The van der Waals surface area contributed by atoms with E-state index in [0.29, 0.717) is 50.5 Å². The molecule has 0 unspecified atom stereocenters. The number of carbonyl (C=O) groups excluding carboxylic acids is 2. The quantitative estimate of drug-likeness (QED) is 0.0398. The number of aryl methyl sites for hydroxylation is 1. The molecular formula is C38H51BN2O7. The van der Waals surface area contributed by atoms with Crippen molar-refractivity contribution in [1.29, 1.82) is 0 Å². The number of nitrogens with one attached hydrogen (secondary N) is 1. The second kappa shape index (κ2) is 20.5. The third-order valence-electron chi connectivity index (χ3n) is 9.43. The van der Waals surface area contributed by atoms with E-state index in [1.807, 2.05) is 31.2 Å². The lowest BCUT2D eigenvalue weighted by molar-refractivity contribution is -0.757. The van der Waals surface area contributed by atoms with Gasteiger partial charge in [0, 0.05) is 31.4 Å². The zero-order valence-electron chi connectivity index (χ0n) is 28.3. The van der Waals surface area contributed by atoms with Gasteiger partial charge in [0.1, 0.15) is 6.10 Å². The van der Waals surface area contributed by atoms with Gasteiger partial charge in [0.15, 0.2) is 0 Å². The number of ether oxygens (including phenoxy) is 1. The summed E-state index contributed by atoms with van der Waals surface area (Å²) in [6.07, 6.45) is 17.2. The fourth-order valence-corrected chi connectivity index (χ4v) is 7.03. The molecule has 0 aromatic heterocycles. The summed E-state index contributed by atoms with van der Waals surface area (Å²) < 4.78 is 12.8. The van der Waals surface area contributed by atoms with Crippen molar-refractivity contribution in [1.82, 2.24) is 5.32 Å². The van der Waals surface area contributed by atoms with Crippen LogP contribution in [-0.4, -0.2) is 49.2 Å². The maximum absolute atomic E-state index is 12.9. The summed E-state index contributed by atoms with van der Waals surface area (Å²) in [5.74, 6) is 0.975. The van der Waals surface area contributed by atoms with E-state index < -0.39 is 5.09 Å². The second-order valence-corrected chi connectivity index (χ2v) is 12.9. The number of rotatable bonds is 21. The van der Waals surface area contributed by atoms with Crippen LogP contribution >= 0.6 is 0 Å². The number of amides is 1. The van der Waals surface area contributed by atoms with E-state index in [-0.39, 0.29) is 49.9 Å². The highest BCUT2D eigenvalue weighted by atomic mass is 16.9. The molecule has 10 heteroatoms. The summed E-state index contributed by atoms with van der Waals surface area (Å²) in [5.41, 5.74) is 2.41. The van der Waals surface area contributed by atoms with Crippen molar-refractivity contribution < 1.29 is 28.9 Å². The summed E-state index contributed by atoms with van der Waals surface area (Å²) in [6, 6.07) is 20.7. The average molecular weight is 659 g/mol. The van der Waals surface area contributed by atoms with Crippen molar-refractivity contribution in [2.75, 3.05) is 13.2 Å². The molecule has 2 aliphatic rings. The summed E-state index contributed by atoms with van der Waals surface area (Å²) in [4.78, 5) is 39.4. The number of carbonyl (C=O) groups is 2. The van der Waals surface area contributed by atoms with Gasteiger partial charge in [-0.25, -0.2) is 0 Å². The molecule has 1 aliphatic heterocycles. The van der Waals surface area contributed by atoms with E-state index in [2.05, 4.69) is 70.9 Å². The molecule has 48 heavy (non-hydrogen) atoms. The number of allylic oxidation sites excluding steroid dienone is 2. The molecule has 0 spiro atoms. The third-order valence-corrected chi connectivity index (χ3v) is 9.43. The molecular weight excluding hydrogens is 607 g/mol. The first-order valence-electron chi connectivity index (χ1n) is 17.7. The summed E-state index contributed by atoms with van der Waals surface area (Å²) in [6.45, 7) is 2.70. The first-order chi connectivity index (χ1) is 23.4. The minimum atomic E-state index is -0.791. The first kappa shape index (κ1) is 36.9. The maximum atomic E-state index is 12.9. The van der Waals surface area contributed by atoms with Crippen molar-refractivity contribution >= 4 is 24.3 Å². The van der Waals surface area contributed by atoms with E-state index in [4.69, 9.17) is 9.39 Å². The van der Waals surface area contributed by atoms with Crippen LogP contribution in [0.25, 0.3) is 0 Å². The molecule has 1 saturated heterocycles. The van der Waals surface area contributed by atoms with Gasteiger partial charge in [-0.2, -0.15) is 0 Å². The average Bonchev–Trinajstić information content (AvgIpc) is 3.33. The molecule has 5 atom stereocenters. The van der Waals surface area contributed by atoms with Crippen molar-refractivity contribution in [3.05, 3.63) is 101 Å². The lowest BCUT2D eigenvalue weighted by Gasteiger charge is -2.27. The van der Waals surface area contributed by atoms with Crippen LogP contribution in [0.2, 0.25) is 6.32 Å². The Labute approximate surface area is 285 Å². The number of nitrogens with zero attached hydrogens (tertiary/aromatic N) is 1. The monoisotopic (exact) mass is 658 g/mol. The Morgan fingerprint density at radius 3 is 2.56 bits per heavy atom. The standard InChI is InChI=1S/C38H51BN2O7/c1-2-40-37(42)21-13-4-3-12-20-34-31-28-36(48-39(29-31)32-18-10-6-11-19-32)35(34)26-25-33(24-23-30-16-8-5-9-17-30)47-38(43)22-14-7-15-27-46-41(44)45/h3,5-6,8-12,16-19,25-26,31,33-36H,2,4,7,13-15,20-24,27-29H2,1H3,(H,40,42)/b12-3-,26-25+/t31-,33+,34+,35-,36-/m1/s1. The molecule has 1 saturated carbocycles. The lowest BCUT2D eigenvalue weighted by Crippen LogP contribution is -2.41. The first-order valence-corrected chi connectivity index (χ1v) is 17.7. The van der Waals surface area contributed by atoms with Crippen LogP contribution in [0.15, 0.2) is 85.0 Å². The van der Waals surface area contributed by atoms with Crippen LogP contribution in [0.5, 0.6) is 0 Å². The molecule has 1 heterocycles. The summed E-state index contributed by atoms with van der Waals surface area (Å²) in [5, 5.41) is 12.4. The lowest BCUT2D eigenvalue weighted by atomic mass is 9.53. The largest absolute Gasteiger partial charge is 0.458 e. The number of hydrogen-bond acceptors (Lipinski definition) is 7. The Hall–Kier alpha value is -3.92. The fraction of sp³-hybridized carbons (Fsp3) is 0.526. The van der Waals surface area contributed by atoms with Gasteiger partial charge in [-0.15, -0.1) is 10.1 Å². The van der Waals surface area contributed by atoms with Crippen LogP contribution in [0.3, 0.4) is 0 Å². The predicted octanol–water partition coefficient (Wildman–Crippen LogP) is 6.66. The molecule has 2 fully saturated rings.